The molecule has 0 spiro atoms. The minimum atomic E-state index is -0.129. The van der Waals surface area contributed by atoms with Crippen molar-refractivity contribution in [2.24, 2.45) is 5.84 Å². The number of nitrogens with two attached hydrogens (primary N) is 1. The molecule has 80 valence electrons. The van der Waals surface area contributed by atoms with Gasteiger partial charge in [-0.05, 0) is 18.1 Å². The fourth-order valence-electron chi connectivity index (χ4n) is 2.22. The Morgan fingerprint density at radius 3 is 2.53 bits per heavy atom. The molecule has 1 aliphatic heterocycles. The summed E-state index contributed by atoms with van der Waals surface area (Å²) in [4.78, 5) is 11.9. The highest BCUT2D eigenvalue weighted by molar-refractivity contribution is 5.84. The lowest BCUT2D eigenvalue weighted by atomic mass is 9.91. The van der Waals surface area contributed by atoms with E-state index in [1.807, 2.05) is 25.1 Å². The molecule has 1 amide bonds. The third-order valence-electron chi connectivity index (χ3n) is 3.12. The van der Waals surface area contributed by atoms with E-state index in [2.05, 4.69) is 13.0 Å². The van der Waals surface area contributed by atoms with Crippen molar-refractivity contribution in [2.75, 3.05) is 6.54 Å². The van der Waals surface area contributed by atoms with E-state index in [1.54, 1.807) is 0 Å². The molecule has 1 heterocycles. The number of hydrogen-bond acceptors (Lipinski definition) is 2. The van der Waals surface area contributed by atoms with E-state index in [0.717, 1.165) is 5.56 Å². The molecule has 0 bridgehead atoms. The van der Waals surface area contributed by atoms with Gasteiger partial charge in [-0.1, -0.05) is 31.2 Å². The Morgan fingerprint density at radius 2 is 1.87 bits per heavy atom. The zero-order chi connectivity index (χ0) is 11.0. The monoisotopic (exact) mass is 204 g/mol. The molecule has 0 fully saturated rings. The van der Waals surface area contributed by atoms with Crippen LogP contribution in [0.2, 0.25) is 0 Å². The number of benzene rings is 1. The summed E-state index contributed by atoms with van der Waals surface area (Å²) in [7, 11) is 0. The van der Waals surface area contributed by atoms with Gasteiger partial charge in [0.05, 0.1) is 5.92 Å². The van der Waals surface area contributed by atoms with Crippen LogP contribution in [0.15, 0.2) is 24.3 Å². The van der Waals surface area contributed by atoms with Gasteiger partial charge in [0.2, 0.25) is 5.91 Å². The van der Waals surface area contributed by atoms with Crippen molar-refractivity contribution in [1.29, 1.82) is 0 Å². The van der Waals surface area contributed by atoms with Gasteiger partial charge in [-0.2, -0.15) is 0 Å². The van der Waals surface area contributed by atoms with Gasteiger partial charge in [-0.25, -0.2) is 5.84 Å². The number of nitrogens with zero attached hydrogens (tertiary/aromatic N) is 1. The van der Waals surface area contributed by atoms with Crippen molar-refractivity contribution in [3.63, 3.8) is 0 Å². The van der Waals surface area contributed by atoms with Crippen LogP contribution >= 0.6 is 0 Å². The van der Waals surface area contributed by atoms with Crippen LogP contribution in [-0.2, 0) is 4.79 Å². The summed E-state index contributed by atoms with van der Waals surface area (Å²) in [6.45, 7) is 4.61. The summed E-state index contributed by atoms with van der Waals surface area (Å²) in [6.07, 6.45) is 0. The molecule has 3 nitrogen and oxygen atoms in total. The maximum Gasteiger partial charge on any atom is 0.243 e. The van der Waals surface area contributed by atoms with Crippen LogP contribution in [0, 0.1) is 0 Å². The predicted octanol–water partition coefficient (Wildman–Crippen LogP) is 1.61. The second-order valence-electron chi connectivity index (χ2n) is 4.24. The van der Waals surface area contributed by atoms with Gasteiger partial charge in [0.1, 0.15) is 0 Å². The van der Waals surface area contributed by atoms with Gasteiger partial charge >= 0.3 is 0 Å². The first kappa shape index (κ1) is 10.2. The second kappa shape index (κ2) is 3.66. The van der Waals surface area contributed by atoms with E-state index in [0.29, 0.717) is 12.5 Å². The molecule has 1 aliphatic rings. The number of carbonyl (C=O) groups is 1. The molecule has 0 aromatic heterocycles. The zero-order valence-electron chi connectivity index (χ0n) is 9.10. The number of hydrazine groups is 1. The Bertz CT molecular complexity index is 389. The lowest BCUT2D eigenvalue weighted by Crippen LogP contribution is -2.40. The van der Waals surface area contributed by atoms with E-state index in [1.165, 1.54) is 10.6 Å². The first-order valence-corrected chi connectivity index (χ1v) is 5.26. The fraction of sp³-hybridized carbons (Fsp3) is 0.417. The van der Waals surface area contributed by atoms with Crippen LogP contribution in [-0.4, -0.2) is 17.5 Å². The molecule has 0 radical (unpaired) electrons. The number of hydrogen-bond donors (Lipinski definition) is 1. The Hall–Kier alpha value is -1.35. The highest BCUT2D eigenvalue weighted by Gasteiger charge is 2.28. The molecule has 0 saturated heterocycles. The summed E-state index contributed by atoms with van der Waals surface area (Å²) in [5, 5.41) is 1.34. The van der Waals surface area contributed by atoms with Crippen LogP contribution in [0.1, 0.15) is 36.8 Å². The van der Waals surface area contributed by atoms with E-state index in [4.69, 9.17) is 5.84 Å². The molecule has 3 heteroatoms. The molecule has 1 aromatic rings. The number of rotatable bonds is 0. The predicted molar refractivity (Wildman–Crippen MR) is 59.2 cm³/mol. The van der Waals surface area contributed by atoms with E-state index < -0.39 is 0 Å². The minimum Gasteiger partial charge on any atom is -0.280 e. The van der Waals surface area contributed by atoms with Gasteiger partial charge < -0.3 is 0 Å². The molecule has 1 aromatic carbocycles. The third kappa shape index (κ3) is 1.63. The van der Waals surface area contributed by atoms with E-state index >= 15 is 0 Å². The zero-order valence-corrected chi connectivity index (χ0v) is 9.10. The van der Waals surface area contributed by atoms with E-state index in [-0.39, 0.29) is 11.8 Å². The van der Waals surface area contributed by atoms with Crippen molar-refractivity contribution in [2.45, 2.75) is 25.7 Å². The summed E-state index contributed by atoms with van der Waals surface area (Å²) in [5.41, 5.74) is 2.36. The highest BCUT2D eigenvalue weighted by atomic mass is 16.2. The van der Waals surface area contributed by atoms with Gasteiger partial charge in [-0.15, -0.1) is 0 Å². The SMILES string of the molecule is CC1CN(N)C(=O)C(C)c2ccccc21. The maximum absolute atomic E-state index is 11.9. The first-order valence-electron chi connectivity index (χ1n) is 5.26. The van der Waals surface area contributed by atoms with Crippen molar-refractivity contribution >= 4 is 5.91 Å². The van der Waals surface area contributed by atoms with Crippen LogP contribution < -0.4 is 5.84 Å². The van der Waals surface area contributed by atoms with Gasteiger partial charge in [0.15, 0.2) is 0 Å². The number of carbonyl (C=O) groups excluding carboxylic acids is 1. The Kier molecular flexibility index (Phi) is 2.49. The largest absolute Gasteiger partial charge is 0.280 e. The molecule has 2 atom stereocenters. The Balaban J connectivity index is 2.52. The van der Waals surface area contributed by atoms with Crippen LogP contribution in [0.4, 0.5) is 0 Å². The summed E-state index contributed by atoms with van der Waals surface area (Å²) < 4.78 is 0. The molecular formula is C12H16N2O. The summed E-state index contributed by atoms with van der Waals surface area (Å²) >= 11 is 0. The molecule has 2 rings (SSSR count). The van der Waals surface area contributed by atoms with Crippen LogP contribution in [0.3, 0.4) is 0 Å². The normalized spacial score (nSPS) is 26.1. The van der Waals surface area contributed by atoms with Crippen molar-refractivity contribution in [3.05, 3.63) is 35.4 Å². The fourth-order valence-corrected chi connectivity index (χ4v) is 2.22. The average molecular weight is 204 g/mol. The Morgan fingerprint density at radius 1 is 1.27 bits per heavy atom. The molecule has 2 N–H and O–H groups in total. The smallest absolute Gasteiger partial charge is 0.243 e. The third-order valence-corrected chi connectivity index (χ3v) is 3.12. The lowest BCUT2D eigenvalue weighted by molar-refractivity contribution is -0.132. The number of fused-ring (bicyclic) bond motifs is 1. The van der Waals surface area contributed by atoms with Crippen molar-refractivity contribution < 1.29 is 4.79 Å². The molecular weight excluding hydrogens is 188 g/mol. The standard InChI is InChI=1S/C12H16N2O/c1-8-7-14(13)12(15)9(2)11-6-4-3-5-10(8)11/h3-6,8-9H,7,13H2,1-2H3. The van der Waals surface area contributed by atoms with Gasteiger partial charge in [-0.3, -0.25) is 9.80 Å². The summed E-state index contributed by atoms with van der Waals surface area (Å²) in [5.74, 6) is 5.91. The molecule has 15 heavy (non-hydrogen) atoms. The van der Waals surface area contributed by atoms with Crippen LogP contribution in [0.25, 0.3) is 0 Å². The van der Waals surface area contributed by atoms with Gasteiger partial charge in [0.25, 0.3) is 0 Å². The number of amides is 1. The van der Waals surface area contributed by atoms with Crippen LogP contribution in [0.5, 0.6) is 0 Å². The quantitative estimate of drug-likeness (QED) is 0.515. The molecule has 0 saturated carbocycles. The van der Waals surface area contributed by atoms with E-state index in [9.17, 15) is 4.79 Å². The molecule has 0 aliphatic carbocycles. The van der Waals surface area contributed by atoms with Crippen molar-refractivity contribution in [1.82, 2.24) is 5.01 Å². The molecule has 2 unspecified atom stereocenters. The minimum absolute atomic E-state index is 0.00630. The van der Waals surface area contributed by atoms with Gasteiger partial charge in [0, 0.05) is 12.5 Å². The first-order chi connectivity index (χ1) is 7.11. The lowest BCUT2D eigenvalue weighted by Gasteiger charge is -2.18. The second-order valence-corrected chi connectivity index (χ2v) is 4.24. The Labute approximate surface area is 89.8 Å². The average Bonchev–Trinajstić information content (AvgIpc) is 2.33. The summed E-state index contributed by atoms with van der Waals surface area (Å²) in [6, 6.07) is 8.09. The maximum atomic E-state index is 11.9. The topological polar surface area (TPSA) is 46.3 Å². The highest BCUT2D eigenvalue weighted by Crippen LogP contribution is 2.30. The van der Waals surface area contributed by atoms with Crippen molar-refractivity contribution in [3.8, 4) is 0 Å².